The van der Waals surface area contributed by atoms with E-state index in [2.05, 4.69) is 0 Å². The predicted molar refractivity (Wildman–Crippen MR) is 112 cm³/mol. The van der Waals surface area contributed by atoms with Crippen LogP contribution in [0.3, 0.4) is 0 Å². The number of hydrogen-bond donors (Lipinski definition) is 1. The van der Waals surface area contributed by atoms with Gasteiger partial charge in [-0.3, -0.25) is 24.1 Å². The van der Waals surface area contributed by atoms with Crippen LogP contribution < -0.4 is 0 Å². The topological polar surface area (TPSA) is 98.2 Å². The number of hydrogen-bond acceptors (Lipinski definition) is 5. The number of amides is 3. The molecule has 32 heavy (non-hydrogen) atoms. The molecule has 0 saturated carbocycles. The zero-order chi connectivity index (χ0) is 23.3. The minimum atomic E-state index is -1.35. The van der Waals surface area contributed by atoms with Gasteiger partial charge in [0.2, 0.25) is 11.7 Å². The van der Waals surface area contributed by atoms with Crippen LogP contribution >= 0.6 is 11.6 Å². The first-order valence-electron chi connectivity index (χ1n) is 10.4. The number of benzene rings is 1. The highest BCUT2D eigenvalue weighted by Gasteiger charge is 2.51. The van der Waals surface area contributed by atoms with E-state index in [0.29, 0.717) is 11.1 Å². The second-order valence-electron chi connectivity index (χ2n) is 8.53. The van der Waals surface area contributed by atoms with Crippen LogP contribution in [0.25, 0.3) is 0 Å². The molecule has 3 aliphatic rings. The highest BCUT2D eigenvalue weighted by molar-refractivity contribution is 6.43. The van der Waals surface area contributed by atoms with Crippen molar-refractivity contribution in [2.45, 2.75) is 38.5 Å². The number of likely N-dealkylation sites (N-methyl/N-ethyl adjacent to an activating group) is 1. The van der Waals surface area contributed by atoms with Gasteiger partial charge < -0.3 is 14.9 Å². The third-order valence-electron chi connectivity index (χ3n) is 6.24. The number of Topliss-reactive ketones (excluding diaryl/α,β-unsaturated/α-hetero) is 1. The first-order valence-corrected chi connectivity index (χ1v) is 10.7. The molecule has 2 fully saturated rings. The highest BCUT2D eigenvalue weighted by Crippen LogP contribution is 2.37. The quantitative estimate of drug-likeness (QED) is 0.523. The number of rotatable bonds is 2. The van der Waals surface area contributed by atoms with E-state index in [0.717, 1.165) is 4.90 Å². The maximum absolute atomic E-state index is 13.5. The van der Waals surface area contributed by atoms with E-state index in [1.54, 1.807) is 6.92 Å². The summed E-state index contributed by atoms with van der Waals surface area (Å²) in [5.74, 6) is -4.80. The van der Waals surface area contributed by atoms with Crippen molar-refractivity contribution in [3.63, 3.8) is 0 Å². The minimum Gasteiger partial charge on any atom is -0.391 e. The molecular weight excluding hydrogens is 441 g/mol. The van der Waals surface area contributed by atoms with Crippen LogP contribution in [0.4, 0.5) is 4.39 Å². The van der Waals surface area contributed by atoms with Crippen molar-refractivity contribution in [3.8, 4) is 0 Å². The standard InChI is InChI=1S/C22H23ClFN3O5/c1-11-7-13(28)10-25(2)21(31)18-14-5-6-26(9-12-3-4-16(24)15(23)8-12)20(30)17(14)19(29)22(32)27(11)18/h3-4,8,11,13,17,28H,5-7,9-10H2,1-2H3/t11-,13+,17?/m0/s1. The summed E-state index contributed by atoms with van der Waals surface area (Å²) in [6.45, 7) is 2.08. The predicted octanol–water partition coefficient (Wildman–Crippen LogP) is 1.10. The molecule has 1 aromatic carbocycles. The van der Waals surface area contributed by atoms with Gasteiger partial charge in [0, 0.05) is 32.7 Å². The Balaban J connectivity index is 1.71. The number of piperidine rings is 1. The lowest BCUT2D eigenvalue weighted by atomic mass is 9.80. The number of likely N-dealkylation sites (tertiary alicyclic amines) is 1. The fourth-order valence-corrected chi connectivity index (χ4v) is 4.90. The molecule has 8 nitrogen and oxygen atoms in total. The van der Waals surface area contributed by atoms with Crippen molar-refractivity contribution < 1.29 is 28.7 Å². The van der Waals surface area contributed by atoms with Gasteiger partial charge in [0.15, 0.2) is 0 Å². The summed E-state index contributed by atoms with van der Waals surface area (Å²) in [5, 5.41) is 10.1. The lowest BCUT2D eigenvalue weighted by molar-refractivity contribution is -0.155. The Kier molecular flexibility index (Phi) is 5.81. The van der Waals surface area contributed by atoms with Gasteiger partial charge in [0.05, 0.1) is 11.1 Å². The first kappa shape index (κ1) is 22.4. The molecule has 1 N–H and O–H groups in total. The largest absolute Gasteiger partial charge is 0.391 e. The van der Waals surface area contributed by atoms with E-state index >= 15 is 0 Å². The number of carbonyl (C=O) groups is 4. The van der Waals surface area contributed by atoms with Crippen LogP contribution in [-0.4, -0.2) is 75.6 Å². The van der Waals surface area contributed by atoms with Crippen LogP contribution in [0.5, 0.6) is 0 Å². The Labute approximate surface area is 189 Å². The highest BCUT2D eigenvalue weighted by atomic mass is 35.5. The number of aliphatic hydroxyl groups is 1. The number of β-amino-alcohol motifs (C(OH)–C–C–N with tert-alkyl or cyclic N) is 1. The Morgan fingerprint density at radius 1 is 1.19 bits per heavy atom. The molecule has 3 atom stereocenters. The summed E-state index contributed by atoms with van der Waals surface area (Å²) in [4.78, 5) is 56.3. The lowest BCUT2D eigenvalue weighted by Crippen LogP contribution is -2.59. The Morgan fingerprint density at radius 2 is 1.91 bits per heavy atom. The van der Waals surface area contributed by atoms with E-state index in [1.165, 1.54) is 35.0 Å². The average Bonchev–Trinajstić information content (AvgIpc) is 2.73. The minimum absolute atomic E-state index is 0.0688. The molecule has 10 heteroatoms. The number of carbonyl (C=O) groups excluding carboxylic acids is 4. The van der Waals surface area contributed by atoms with E-state index in [1.807, 2.05) is 0 Å². The van der Waals surface area contributed by atoms with Crippen molar-refractivity contribution in [1.82, 2.24) is 14.7 Å². The Bertz CT molecular complexity index is 1060. The summed E-state index contributed by atoms with van der Waals surface area (Å²) in [6, 6.07) is 3.54. The van der Waals surface area contributed by atoms with Gasteiger partial charge in [0.1, 0.15) is 17.4 Å². The first-order chi connectivity index (χ1) is 15.1. The van der Waals surface area contributed by atoms with Gasteiger partial charge in [-0.25, -0.2) is 4.39 Å². The second kappa shape index (κ2) is 8.29. The zero-order valence-corrected chi connectivity index (χ0v) is 18.4. The monoisotopic (exact) mass is 463 g/mol. The van der Waals surface area contributed by atoms with Crippen molar-refractivity contribution >= 4 is 35.1 Å². The van der Waals surface area contributed by atoms with Gasteiger partial charge in [-0.2, -0.15) is 0 Å². The molecule has 0 bridgehead atoms. The van der Waals surface area contributed by atoms with Gasteiger partial charge in [-0.05, 0) is 43.0 Å². The number of halogens is 2. The molecule has 0 aliphatic carbocycles. The molecule has 4 rings (SSSR count). The molecule has 0 aromatic heterocycles. The van der Waals surface area contributed by atoms with Gasteiger partial charge in [0.25, 0.3) is 11.8 Å². The van der Waals surface area contributed by atoms with Crippen LogP contribution in [0.15, 0.2) is 29.5 Å². The third-order valence-corrected chi connectivity index (χ3v) is 6.53. The summed E-state index contributed by atoms with van der Waals surface area (Å²) >= 11 is 5.83. The SMILES string of the molecule is C[C@H]1C[C@@H](O)CN(C)C(=O)C2=C3CCN(Cc4ccc(F)c(Cl)c4)C(=O)C3C(=O)C(=O)N21. The van der Waals surface area contributed by atoms with Crippen LogP contribution in [0, 0.1) is 11.7 Å². The number of aliphatic hydroxyl groups excluding tert-OH is 1. The molecule has 1 aromatic rings. The van der Waals surface area contributed by atoms with Crippen molar-refractivity contribution in [3.05, 3.63) is 45.9 Å². The summed E-state index contributed by atoms with van der Waals surface area (Å²) in [5.41, 5.74) is 0.994. The van der Waals surface area contributed by atoms with Gasteiger partial charge in [-0.1, -0.05) is 17.7 Å². The fourth-order valence-electron chi connectivity index (χ4n) is 4.70. The second-order valence-corrected chi connectivity index (χ2v) is 8.94. The Morgan fingerprint density at radius 3 is 2.59 bits per heavy atom. The van der Waals surface area contributed by atoms with Gasteiger partial charge in [-0.15, -0.1) is 0 Å². The number of ketones is 1. The molecule has 3 aliphatic heterocycles. The smallest absolute Gasteiger partial charge is 0.295 e. The van der Waals surface area contributed by atoms with Crippen molar-refractivity contribution in [2.24, 2.45) is 5.92 Å². The van der Waals surface area contributed by atoms with E-state index in [-0.39, 0.29) is 43.2 Å². The lowest BCUT2D eigenvalue weighted by Gasteiger charge is -2.44. The summed E-state index contributed by atoms with van der Waals surface area (Å²) < 4.78 is 13.5. The molecule has 170 valence electrons. The molecular formula is C22H23ClFN3O5. The number of nitrogens with zero attached hydrogens (tertiary/aromatic N) is 3. The van der Waals surface area contributed by atoms with Crippen molar-refractivity contribution in [1.29, 1.82) is 0 Å². The molecule has 2 saturated heterocycles. The molecule has 0 radical (unpaired) electrons. The summed E-state index contributed by atoms with van der Waals surface area (Å²) in [6.07, 6.45) is -0.397. The normalized spacial score (nSPS) is 26.8. The maximum Gasteiger partial charge on any atom is 0.295 e. The van der Waals surface area contributed by atoms with E-state index < -0.39 is 47.4 Å². The molecule has 1 unspecified atom stereocenters. The molecule has 3 heterocycles. The third kappa shape index (κ3) is 3.69. The van der Waals surface area contributed by atoms with Crippen LogP contribution in [0.1, 0.15) is 25.3 Å². The van der Waals surface area contributed by atoms with E-state index in [9.17, 15) is 28.7 Å². The van der Waals surface area contributed by atoms with Gasteiger partial charge >= 0.3 is 0 Å². The van der Waals surface area contributed by atoms with Crippen LogP contribution in [-0.2, 0) is 25.7 Å². The molecule has 0 spiro atoms. The zero-order valence-electron chi connectivity index (χ0n) is 17.7. The Hall–Kier alpha value is -2.78. The molecule has 3 amide bonds. The fraction of sp³-hybridized carbons (Fsp3) is 0.455. The average molecular weight is 464 g/mol. The van der Waals surface area contributed by atoms with Crippen molar-refractivity contribution in [2.75, 3.05) is 20.1 Å². The van der Waals surface area contributed by atoms with Crippen LogP contribution in [0.2, 0.25) is 5.02 Å². The number of fused-ring (bicyclic) bond motifs is 2. The maximum atomic E-state index is 13.5. The van der Waals surface area contributed by atoms with E-state index in [4.69, 9.17) is 11.6 Å². The summed E-state index contributed by atoms with van der Waals surface area (Å²) in [7, 11) is 1.51.